The number of amides is 1. The van der Waals surface area contributed by atoms with Crippen LogP contribution in [0, 0.1) is 12.8 Å². The van der Waals surface area contributed by atoms with Gasteiger partial charge < -0.3 is 5.32 Å². The van der Waals surface area contributed by atoms with Crippen LogP contribution in [-0.2, 0) is 10.0 Å². The zero-order valence-corrected chi connectivity index (χ0v) is 14.9. The minimum Gasteiger partial charge on any atom is -0.352 e. The Hall–Kier alpha value is -2.34. The highest BCUT2D eigenvalue weighted by atomic mass is 32.2. The maximum atomic E-state index is 12.4. The van der Waals surface area contributed by atoms with Gasteiger partial charge in [0, 0.05) is 17.8 Å². The molecule has 0 atom stereocenters. The molecule has 2 N–H and O–H groups in total. The molecule has 6 heteroatoms. The number of hydrogen-bond donors (Lipinski definition) is 2. The fraction of sp³-hybridized carbons (Fsp3) is 0.278. The molecule has 0 spiro atoms. The van der Waals surface area contributed by atoms with Crippen molar-refractivity contribution in [2.75, 3.05) is 11.3 Å². The van der Waals surface area contributed by atoms with Crippen LogP contribution in [0.2, 0.25) is 0 Å². The largest absolute Gasteiger partial charge is 0.352 e. The molecule has 0 saturated carbocycles. The lowest BCUT2D eigenvalue weighted by Crippen LogP contribution is -2.27. The summed E-state index contributed by atoms with van der Waals surface area (Å²) in [4.78, 5) is 12.1. The normalized spacial score (nSPS) is 11.3. The van der Waals surface area contributed by atoms with Crippen LogP contribution < -0.4 is 10.0 Å². The molecule has 0 fully saturated rings. The number of aryl methyl sites for hydroxylation is 1. The second kappa shape index (κ2) is 7.49. The van der Waals surface area contributed by atoms with Gasteiger partial charge in [-0.1, -0.05) is 26.0 Å². The molecular formula is C18H22N2O3S. The molecule has 0 unspecified atom stereocenters. The molecule has 5 nitrogen and oxygen atoms in total. The summed E-state index contributed by atoms with van der Waals surface area (Å²) in [5.74, 6) is 0.145. The monoisotopic (exact) mass is 346 g/mol. The topological polar surface area (TPSA) is 75.3 Å². The Morgan fingerprint density at radius 2 is 1.75 bits per heavy atom. The molecule has 0 heterocycles. The van der Waals surface area contributed by atoms with Gasteiger partial charge in [0.05, 0.1) is 4.90 Å². The molecule has 0 bridgehead atoms. The third-order valence-corrected chi connectivity index (χ3v) is 4.77. The summed E-state index contributed by atoms with van der Waals surface area (Å²) in [7, 11) is -3.68. The molecular weight excluding hydrogens is 324 g/mol. The lowest BCUT2D eigenvalue weighted by atomic mass is 10.2. The molecule has 2 aromatic rings. The molecule has 0 saturated heterocycles. The molecule has 0 aliphatic carbocycles. The third kappa shape index (κ3) is 4.83. The molecule has 1 amide bonds. The van der Waals surface area contributed by atoms with Crippen LogP contribution in [0.4, 0.5) is 5.69 Å². The Labute approximate surface area is 143 Å². The molecule has 0 aliphatic heterocycles. The minimum atomic E-state index is -3.68. The van der Waals surface area contributed by atoms with E-state index in [1.54, 1.807) is 18.2 Å². The van der Waals surface area contributed by atoms with Crippen LogP contribution in [0.15, 0.2) is 53.4 Å². The van der Waals surface area contributed by atoms with Gasteiger partial charge in [0.1, 0.15) is 0 Å². The van der Waals surface area contributed by atoms with E-state index in [1.165, 1.54) is 24.3 Å². The average Bonchev–Trinajstić information content (AvgIpc) is 2.52. The fourth-order valence-corrected chi connectivity index (χ4v) is 3.16. The predicted molar refractivity (Wildman–Crippen MR) is 95.6 cm³/mol. The van der Waals surface area contributed by atoms with Crippen LogP contribution in [0.5, 0.6) is 0 Å². The minimum absolute atomic E-state index is 0.115. The highest BCUT2D eigenvalue weighted by Gasteiger charge is 2.15. The van der Waals surface area contributed by atoms with E-state index in [-0.39, 0.29) is 10.8 Å². The zero-order chi connectivity index (χ0) is 17.7. The quantitative estimate of drug-likeness (QED) is 0.843. The van der Waals surface area contributed by atoms with Gasteiger partial charge in [-0.2, -0.15) is 0 Å². The number of sulfonamides is 1. The van der Waals surface area contributed by atoms with Gasteiger partial charge in [0.2, 0.25) is 0 Å². The average molecular weight is 346 g/mol. The number of hydrogen-bond acceptors (Lipinski definition) is 3. The van der Waals surface area contributed by atoms with E-state index in [1.807, 2.05) is 26.8 Å². The Bertz CT molecular complexity index is 812. The Morgan fingerprint density at radius 3 is 2.33 bits per heavy atom. The van der Waals surface area contributed by atoms with Gasteiger partial charge in [-0.25, -0.2) is 8.42 Å². The lowest BCUT2D eigenvalue weighted by molar-refractivity contribution is 0.0949. The second-order valence-electron chi connectivity index (χ2n) is 6.10. The van der Waals surface area contributed by atoms with E-state index in [2.05, 4.69) is 10.0 Å². The van der Waals surface area contributed by atoms with Gasteiger partial charge >= 0.3 is 0 Å². The summed E-state index contributed by atoms with van der Waals surface area (Å²) in [5, 5.41) is 2.80. The third-order valence-electron chi connectivity index (χ3n) is 3.37. The highest BCUT2D eigenvalue weighted by molar-refractivity contribution is 7.92. The van der Waals surface area contributed by atoms with Crippen LogP contribution in [0.25, 0.3) is 0 Å². The van der Waals surface area contributed by atoms with Crippen LogP contribution in [-0.4, -0.2) is 20.9 Å². The van der Waals surface area contributed by atoms with Crippen molar-refractivity contribution in [3.05, 3.63) is 59.7 Å². The SMILES string of the molecule is Cc1cccc(NS(=O)(=O)c2ccc(C(=O)NCC(C)C)cc2)c1. The number of carbonyl (C=O) groups excluding carboxylic acids is 1. The van der Waals surface area contributed by atoms with Gasteiger partial charge in [-0.15, -0.1) is 0 Å². The van der Waals surface area contributed by atoms with E-state index in [4.69, 9.17) is 0 Å². The van der Waals surface area contributed by atoms with E-state index in [9.17, 15) is 13.2 Å². The van der Waals surface area contributed by atoms with Crippen molar-refractivity contribution in [2.24, 2.45) is 5.92 Å². The summed E-state index contributed by atoms with van der Waals surface area (Å²) in [6, 6.07) is 13.0. The summed E-state index contributed by atoms with van der Waals surface area (Å²) in [5.41, 5.74) is 1.91. The van der Waals surface area contributed by atoms with Crippen LogP contribution >= 0.6 is 0 Å². The molecule has 0 radical (unpaired) electrons. The van der Waals surface area contributed by atoms with E-state index in [0.717, 1.165) is 5.56 Å². The van der Waals surface area contributed by atoms with E-state index < -0.39 is 10.0 Å². The van der Waals surface area contributed by atoms with Gasteiger partial charge in [-0.3, -0.25) is 9.52 Å². The molecule has 2 aromatic carbocycles. The molecule has 0 aromatic heterocycles. The van der Waals surface area contributed by atoms with Crippen molar-refractivity contribution in [3.63, 3.8) is 0 Å². The number of anilines is 1. The Morgan fingerprint density at radius 1 is 1.08 bits per heavy atom. The predicted octanol–water partition coefficient (Wildman–Crippen LogP) is 3.18. The molecule has 24 heavy (non-hydrogen) atoms. The van der Waals surface area contributed by atoms with Crippen molar-refractivity contribution in [3.8, 4) is 0 Å². The maximum Gasteiger partial charge on any atom is 0.261 e. The second-order valence-corrected chi connectivity index (χ2v) is 7.79. The molecule has 0 aliphatic rings. The van der Waals surface area contributed by atoms with Crippen molar-refractivity contribution in [1.82, 2.24) is 5.32 Å². The van der Waals surface area contributed by atoms with Crippen molar-refractivity contribution in [2.45, 2.75) is 25.7 Å². The first-order valence-corrected chi connectivity index (χ1v) is 9.24. The summed E-state index contributed by atoms with van der Waals surface area (Å²) in [6.45, 7) is 6.48. The zero-order valence-electron chi connectivity index (χ0n) is 14.0. The number of benzene rings is 2. The van der Waals surface area contributed by atoms with Crippen molar-refractivity contribution < 1.29 is 13.2 Å². The summed E-state index contributed by atoms with van der Waals surface area (Å²) < 4.78 is 27.3. The van der Waals surface area contributed by atoms with E-state index >= 15 is 0 Å². The highest BCUT2D eigenvalue weighted by Crippen LogP contribution is 2.17. The van der Waals surface area contributed by atoms with Gasteiger partial charge in [0.15, 0.2) is 0 Å². The van der Waals surface area contributed by atoms with Crippen molar-refractivity contribution >= 4 is 21.6 Å². The smallest absolute Gasteiger partial charge is 0.261 e. The number of carbonyl (C=O) groups is 1. The summed E-state index contributed by atoms with van der Waals surface area (Å²) >= 11 is 0. The van der Waals surface area contributed by atoms with Crippen LogP contribution in [0.3, 0.4) is 0 Å². The van der Waals surface area contributed by atoms with E-state index in [0.29, 0.717) is 23.7 Å². The van der Waals surface area contributed by atoms with Crippen molar-refractivity contribution in [1.29, 1.82) is 0 Å². The molecule has 128 valence electrons. The summed E-state index contributed by atoms with van der Waals surface area (Å²) in [6.07, 6.45) is 0. The number of rotatable bonds is 6. The van der Waals surface area contributed by atoms with Gasteiger partial charge in [0.25, 0.3) is 15.9 Å². The first-order chi connectivity index (χ1) is 11.3. The fourth-order valence-electron chi connectivity index (χ4n) is 2.11. The maximum absolute atomic E-state index is 12.4. The lowest BCUT2D eigenvalue weighted by Gasteiger charge is -2.10. The van der Waals surface area contributed by atoms with Gasteiger partial charge in [-0.05, 0) is 54.8 Å². The van der Waals surface area contributed by atoms with Crippen LogP contribution in [0.1, 0.15) is 29.8 Å². The Balaban J connectivity index is 2.13. The standard InChI is InChI=1S/C18H22N2O3S/c1-13(2)12-19-18(21)15-7-9-17(10-8-15)24(22,23)20-16-6-4-5-14(3)11-16/h4-11,13,20H,12H2,1-3H3,(H,19,21). The first kappa shape index (κ1) is 18.0. The molecule has 2 rings (SSSR count). The Kier molecular flexibility index (Phi) is 5.62. The number of nitrogens with one attached hydrogen (secondary N) is 2. The first-order valence-electron chi connectivity index (χ1n) is 7.75.